The maximum atomic E-state index is 12.9. The monoisotopic (exact) mass is 192 g/mol. The first-order valence-electron chi connectivity index (χ1n) is 4.84. The van der Waals surface area contributed by atoms with Gasteiger partial charge in [-0.15, -0.1) is 0 Å². The number of benzene rings is 1. The summed E-state index contributed by atoms with van der Waals surface area (Å²) >= 11 is 0. The van der Waals surface area contributed by atoms with Gasteiger partial charge in [0.15, 0.2) is 0 Å². The van der Waals surface area contributed by atoms with Crippen molar-refractivity contribution in [3.05, 3.63) is 35.1 Å². The van der Waals surface area contributed by atoms with Crippen molar-refractivity contribution in [2.75, 3.05) is 0 Å². The van der Waals surface area contributed by atoms with Gasteiger partial charge in [0.1, 0.15) is 12.1 Å². The van der Waals surface area contributed by atoms with E-state index in [0.717, 1.165) is 24.7 Å². The van der Waals surface area contributed by atoms with Crippen LogP contribution in [0.5, 0.6) is 0 Å². The van der Waals surface area contributed by atoms with Crippen LogP contribution in [0.4, 0.5) is 4.39 Å². The van der Waals surface area contributed by atoms with Crippen molar-refractivity contribution in [2.24, 2.45) is 5.41 Å². The lowest BCUT2D eigenvalue weighted by Gasteiger charge is -2.19. The van der Waals surface area contributed by atoms with Crippen LogP contribution in [0.2, 0.25) is 0 Å². The molecule has 1 nitrogen and oxygen atoms in total. The van der Waals surface area contributed by atoms with Gasteiger partial charge in [-0.2, -0.15) is 0 Å². The van der Waals surface area contributed by atoms with Gasteiger partial charge in [-0.05, 0) is 41.5 Å². The second-order valence-corrected chi connectivity index (χ2v) is 4.45. The minimum atomic E-state index is -0.181. The normalized spacial score (nSPS) is 24.7. The van der Waals surface area contributed by atoms with Gasteiger partial charge in [0, 0.05) is 6.42 Å². The van der Waals surface area contributed by atoms with Gasteiger partial charge in [0.25, 0.3) is 0 Å². The summed E-state index contributed by atoms with van der Waals surface area (Å²) in [6.45, 7) is 2.08. The number of hydrogen-bond acceptors (Lipinski definition) is 1. The van der Waals surface area contributed by atoms with Crippen LogP contribution < -0.4 is 0 Å². The number of carbonyl (C=O) groups is 1. The molecule has 1 atom stereocenters. The number of rotatable bonds is 2. The summed E-state index contributed by atoms with van der Waals surface area (Å²) in [7, 11) is 0. The molecule has 1 aromatic rings. The topological polar surface area (TPSA) is 17.1 Å². The number of halogens is 1. The molecule has 2 rings (SSSR count). The minimum Gasteiger partial charge on any atom is -0.303 e. The highest BCUT2D eigenvalue weighted by molar-refractivity contribution is 5.52. The van der Waals surface area contributed by atoms with E-state index in [9.17, 15) is 9.18 Å². The zero-order valence-electron chi connectivity index (χ0n) is 8.22. The fourth-order valence-electron chi connectivity index (χ4n) is 2.26. The van der Waals surface area contributed by atoms with Gasteiger partial charge in [0.05, 0.1) is 0 Å². The number of hydrogen-bond donors (Lipinski definition) is 0. The predicted octanol–water partition coefficient (Wildman–Crippen LogP) is 2.52. The molecule has 0 spiro atoms. The standard InChI is InChI=1S/C12H13FO/c1-12(4-5-14)7-9-2-3-11(13)6-10(9)8-12/h2-3,5-6H,4,7-8H2,1H3. The van der Waals surface area contributed by atoms with Crippen LogP contribution in [0.25, 0.3) is 0 Å². The average Bonchev–Trinajstić information content (AvgIpc) is 2.40. The summed E-state index contributed by atoms with van der Waals surface area (Å²) in [4.78, 5) is 10.5. The molecular formula is C12H13FO. The summed E-state index contributed by atoms with van der Waals surface area (Å²) in [6, 6.07) is 4.91. The molecule has 0 amide bonds. The predicted molar refractivity (Wildman–Crippen MR) is 52.6 cm³/mol. The molecule has 0 radical (unpaired) electrons. The van der Waals surface area contributed by atoms with Gasteiger partial charge in [-0.3, -0.25) is 0 Å². The lowest BCUT2D eigenvalue weighted by molar-refractivity contribution is -0.109. The average molecular weight is 192 g/mol. The number of carbonyl (C=O) groups excluding carboxylic acids is 1. The molecule has 0 aromatic heterocycles. The minimum absolute atomic E-state index is 0.0118. The fraction of sp³-hybridized carbons (Fsp3) is 0.417. The van der Waals surface area contributed by atoms with E-state index in [0.29, 0.717) is 6.42 Å². The summed E-state index contributed by atoms with van der Waals surface area (Å²) < 4.78 is 12.9. The molecule has 0 fully saturated rings. The molecule has 14 heavy (non-hydrogen) atoms. The maximum absolute atomic E-state index is 12.9. The first-order chi connectivity index (χ1) is 6.63. The summed E-state index contributed by atoms with van der Waals surface area (Å²) in [5, 5.41) is 0. The Labute approximate surface area is 82.9 Å². The van der Waals surface area contributed by atoms with Gasteiger partial charge in [-0.1, -0.05) is 13.0 Å². The van der Waals surface area contributed by atoms with E-state index in [-0.39, 0.29) is 11.2 Å². The highest BCUT2D eigenvalue weighted by Crippen LogP contribution is 2.38. The summed E-state index contributed by atoms with van der Waals surface area (Å²) in [6.07, 6.45) is 3.23. The Bertz CT molecular complexity index is 373. The maximum Gasteiger partial charge on any atom is 0.123 e. The second-order valence-electron chi connectivity index (χ2n) is 4.45. The smallest absolute Gasteiger partial charge is 0.123 e. The highest BCUT2D eigenvalue weighted by atomic mass is 19.1. The van der Waals surface area contributed by atoms with Crippen LogP contribution in [0.15, 0.2) is 18.2 Å². The van der Waals surface area contributed by atoms with E-state index < -0.39 is 0 Å². The lowest BCUT2D eigenvalue weighted by atomic mass is 9.84. The molecule has 0 N–H and O–H groups in total. The molecule has 1 aliphatic carbocycles. The Morgan fingerprint density at radius 3 is 2.86 bits per heavy atom. The number of aldehydes is 1. The Morgan fingerprint density at radius 1 is 1.43 bits per heavy atom. The fourth-order valence-corrected chi connectivity index (χ4v) is 2.26. The lowest BCUT2D eigenvalue weighted by Crippen LogP contribution is -2.16. The Balaban J connectivity index is 2.29. The zero-order valence-corrected chi connectivity index (χ0v) is 8.22. The first-order valence-corrected chi connectivity index (χ1v) is 4.84. The van der Waals surface area contributed by atoms with Crippen molar-refractivity contribution in [2.45, 2.75) is 26.2 Å². The third-order valence-electron chi connectivity index (χ3n) is 2.98. The molecule has 2 heteroatoms. The largest absolute Gasteiger partial charge is 0.303 e. The molecule has 0 saturated carbocycles. The van der Waals surface area contributed by atoms with Crippen molar-refractivity contribution in [1.82, 2.24) is 0 Å². The van der Waals surface area contributed by atoms with Crippen LogP contribution in [-0.2, 0) is 17.6 Å². The summed E-state index contributed by atoms with van der Waals surface area (Å²) in [5.41, 5.74) is 2.27. The van der Waals surface area contributed by atoms with E-state index >= 15 is 0 Å². The Kier molecular flexibility index (Phi) is 2.14. The van der Waals surface area contributed by atoms with Crippen molar-refractivity contribution < 1.29 is 9.18 Å². The molecule has 0 aliphatic heterocycles. The van der Waals surface area contributed by atoms with Crippen molar-refractivity contribution in [3.63, 3.8) is 0 Å². The number of fused-ring (bicyclic) bond motifs is 1. The van der Waals surface area contributed by atoms with Crippen LogP contribution in [0.1, 0.15) is 24.5 Å². The van der Waals surface area contributed by atoms with Crippen molar-refractivity contribution in [1.29, 1.82) is 0 Å². The third-order valence-corrected chi connectivity index (χ3v) is 2.98. The van der Waals surface area contributed by atoms with Crippen LogP contribution in [0.3, 0.4) is 0 Å². The molecule has 1 unspecified atom stereocenters. The highest BCUT2D eigenvalue weighted by Gasteiger charge is 2.32. The molecule has 1 aromatic carbocycles. The first kappa shape index (κ1) is 9.38. The Hall–Kier alpha value is -1.18. The van der Waals surface area contributed by atoms with Crippen molar-refractivity contribution >= 4 is 6.29 Å². The molecule has 0 heterocycles. The molecule has 74 valence electrons. The van der Waals surface area contributed by atoms with E-state index in [1.165, 1.54) is 11.6 Å². The van der Waals surface area contributed by atoms with Gasteiger partial charge < -0.3 is 4.79 Å². The van der Waals surface area contributed by atoms with Gasteiger partial charge >= 0.3 is 0 Å². The van der Waals surface area contributed by atoms with Crippen molar-refractivity contribution in [3.8, 4) is 0 Å². The van der Waals surface area contributed by atoms with Gasteiger partial charge in [-0.25, -0.2) is 4.39 Å². The molecular weight excluding hydrogens is 179 g/mol. The quantitative estimate of drug-likeness (QED) is 0.658. The van der Waals surface area contributed by atoms with E-state index in [1.807, 2.05) is 6.07 Å². The summed E-state index contributed by atoms with van der Waals surface area (Å²) in [5.74, 6) is -0.181. The second kappa shape index (κ2) is 3.19. The van der Waals surface area contributed by atoms with Crippen LogP contribution in [0, 0.1) is 11.2 Å². The van der Waals surface area contributed by atoms with Gasteiger partial charge in [0.2, 0.25) is 0 Å². The third kappa shape index (κ3) is 1.57. The molecule has 0 saturated heterocycles. The SMILES string of the molecule is CC1(CC=O)Cc2ccc(F)cc2C1. The Morgan fingerprint density at radius 2 is 2.14 bits per heavy atom. The van der Waals surface area contributed by atoms with E-state index in [2.05, 4.69) is 6.92 Å². The van der Waals surface area contributed by atoms with E-state index in [4.69, 9.17) is 0 Å². The molecule has 1 aliphatic rings. The van der Waals surface area contributed by atoms with Crippen LogP contribution >= 0.6 is 0 Å². The zero-order chi connectivity index (χ0) is 10.2. The van der Waals surface area contributed by atoms with E-state index in [1.54, 1.807) is 6.07 Å². The van der Waals surface area contributed by atoms with Crippen LogP contribution in [-0.4, -0.2) is 6.29 Å². The molecule has 0 bridgehead atoms.